The van der Waals surface area contributed by atoms with Crippen molar-refractivity contribution in [2.24, 2.45) is 0 Å². The second-order valence-electron chi connectivity index (χ2n) is 8.99. The monoisotopic (exact) mass is 613 g/mol. The van der Waals surface area contributed by atoms with Gasteiger partial charge in [-0.05, 0) is 17.7 Å². The van der Waals surface area contributed by atoms with Gasteiger partial charge in [-0.3, -0.25) is 19.0 Å². The van der Waals surface area contributed by atoms with Crippen LogP contribution in [0.2, 0.25) is 0 Å². The van der Waals surface area contributed by atoms with E-state index in [1.165, 1.54) is 33.4 Å². The summed E-state index contributed by atoms with van der Waals surface area (Å²) in [5.74, 6) is -1.78. The predicted octanol–water partition coefficient (Wildman–Crippen LogP) is 2.22. The molecular formula is C25H24BrN7O7. The average Bonchev–Trinajstić information content (AvgIpc) is 3.62. The van der Waals surface area contributed by atoms with Crippen LogP contribution in [0.15, 0.2) is 47.6 Å². The molecule has 1 aromatic carbocycles. The minimum Gasteiger partial charge on any atom is -0.463 e. The summed E-state index contributed by atoms with van der Waals surface area (Å²) < 4.78 is 26.4. The van der Waals surface area contributed by atoms with E-state index in [1.54, 1.807) is 15.4 Å². The molecule has 1 saturated heterocycles. The first kappa shape index (κ1) is 27.3. The summed E-state index contributed by atoms with van der Waals surface area (Å²) in [7, 11) is 0. The number of ether oxygens (including phenoxy) is 4. The quantitative estimate of drug-likeness (QED) is 0.210. The van der Waals surface area contributed by atoms with Gasteiger partial charge in [-0.15, -0.1) is 5.10 Å². The van der Waals surface area contributed by atoms with E-state index >= 15 is 0 Å². The Balaban J connectivity index is 1.47. The van der Waals surface area contributed by atoms with E-state index in [4.69, 9.17) is 18.9 Å². The number of imidazole rings is 1. The van der Waals surface area contributed by atoms with E-state index < -0.39 is 42.4 Å². The molecule has 208 valence electrons. The van der Waals surface area contributed by atoms with Gasteiger partial charge in [0, 0.05) is 25.2 Å². The Bertz CT molecular complexity index is 1550. The number of hydrogen-bond donors (Lipinski definition) is 0. The highest BCUT2D eigenvalue weighted by molar-refractivity contribution is 9.10. The van der Waals surface area contributed by atoms with Crippen molar-refractivity contribution in [3.8, 4) is 11.4 Å². The fourth-order valence-corrected chi connectivity index (χ4v) is 4.67. The summed E-state index contributed by atoms with van der Waals surface area (Å²) in [6.07, 6.45) is 0.499. The van der Waals surface area contributed by atoms with Gasteiger partial charge in [-0.25, -0.2) is 19.6 Å². The van der Waals surface area contributed by atoms with Crippen LogP contribution in [0.25, 0.3) is 22.6 Å². The number of carbonyl (C=O) groups is 3. The molecule has 0 amide bonds. The van der Waals surface area contributed by atoms with Crippen molar-refractivity contribution in [2.45, 2.75) is 51.9 Å². The van der Waals surface area contributed by atoms with Crippen molar-refractivity contribution in [1.82, 2.24) is 34.5 Å². The number of carbonyl (C=O) groups excluding carboxylic acids is 3. The lowest BCUT2D eigenvalue weighted by Crippen LogP contribution is -2.40. The van der Waals surface area contributed by atoms with Crippen LogP contribution in [0.1, 0.15) is 32.6 Å². The Morgan fingerprint density at radius 2 is 1.70 bits per heavy atom. The van der Waals surface area contributed by atoms with Crippen LogP contribution in [0.3, 0.4) is 0 Å². The maximum atomic E-state index is 12.0. The standard InChI is InChI=1S/C25H24BrN7O7/c1-13(34)37-10-19-22(38-14(2)35)23(39-15(3)36)25(40-19)33-12-29-21-20(27-11-28-24(21)33)18-9-32(31-30-18)8-16-4-6-17(26)7-5-16/h4-7,9,11-12,19,22-23,25H,8,10H2,1-3H3/t19-,22-,23-,25-/m1/s1. The molecule has 0 unspecified atom stereocenters. The third-order valence-corrected chi connectivity index (χ3v) is 6.54. The van der Waals surface area contributed by atoms with E-state index in [9.17, 15) is 14.4 Å². The smallest absolute Gasteiger partial charge is 0.303 e. The summed E-state index contributed by atoms with van der Waals surface area (Å²) in [5.41, 5.74) is 2.70. The van der Waals surface area contributed by atoms with Crippen molar-refractivity contribution < 1.29 is 33.3 Å². The second kappa shape index (κ2) is 11.5. The molecule has 5 rings (SSSR count). The molecule has 40 heavy (non-hydrogen) atoms. The van der Waals surface area contributed by atoms with Gasteiger partial charge in [-0.2, -0.15) is 0 Å². The number of rotatable bonds is 8. The number of benzene rings is 1. The third-order valence-electron chi connectivity index (χ3n) is 6.01. The summed E-state index contributed by atoms with van der Waals surface area (Å²) in [6, 6.07) is 7.86. The molecule has 0 N–H and O–H groups in total. The summed E-state index contributed by atoms with van der Waals surface area (Å²) in [4.78, 5) is 48.5. The number of fused-ring (bicyclic) bond motifs is 1. The first-order valence-corrected chi connectivity index (χ1v) is 12.9. The van der Waals surface area contributed by atoms with E-state index in [2.05, 4.69) is 41.2 Å². The van der Waals surface area contributed by atoms with Gasteiger partial charge in [0.1, 0.15) is 35.9 Å². The van der Waals surface area contributed by atoms with Gasteiger partial charge in [0.25, 0.3) is 0 Å². The van der Waals surface area contributed by atoms with Crippen LogP contribution in [-0.4, -0.2) is 77.3 Å². The Hall–Kier alpha value is -4.24. The van der Waals surface area contributed by atoms with E-state index in [-0.39, 0.29) is 6.61 Å². The second-order valence-corrected chi connectivity index (χ2v) is 9.91. The van der Waals surface area contributed by atoms with Crippen LogP contribution in [-0.2, 0) is 39.9 Å². The first-order chi connectivity index (χ1) is 19.2. The Labute approximate surface area is 235 Å². The zero-order valence-corrected chi connectivity index (χ0v) is 23.2. The van der Waals surface area contributed by atoms with Crippen molar-refractivity contribution >= 4 is 45.0 Å². The molecule has 3 aromatic heterocycles. The lowest BCUT2D eigenvalue weighted by molar-refractivity contribution is -0.166. The lowest BCUT2D eigenvalue weighted by Gasteiger charge is -2.23. The van der Waals surface area contributed by atoms with Crippen LogP contribution < -0.4 is 0 Å². The van der Waals surface area contributed by atoms with Gasteiger partial charge >= 0.3 is 17.9 Å². The fourth-order valence-electron chi connectivity index (χ4n) is 4.40. The highest BCUT2D eigenvalue weighted by Gasteiger charge is 2.51. The Morgan fingerprint density at radius 3 is 2.40 bits per heavy atom. The summed E-state index contributed by atoms with van der Waals surface area (Å²) in [6.45, 7) is 3.97. The van der Waals surface area contributed by atoms with Crippen LogP contribution in [0, 0.1) is 0 Å². The van der Waals surface area contributed by atoms with Crippen molar-refractivity contribution in [1.29, 1.82) is 0 Å². The molecule has 0 radical (unpaired) electrons. The fraction of sp³-hybridized carbons (Fsp3) is 0.360. The summed E-state index contributed by atoms with van der Waals surface area (Å²) in [5, 5.41) is 8.48. The van der Waals surface area contributed by atoms with Crippen LogP contribution in [0.4, 0.5) is 0 Å². The summed E-state index contributed by atoms with van der Waals surface area (Å²) >= 11 is 3.43. The maximum absolute atomic E-state index is 12.0. The average molecular weight is 614 g/mol. The molecule has 0 aliphatic carbocycles. The molecule has 1 aliphatic heterocycles. The maximum Gasteiger partial charge on any atom is 0.303 e. The molecule has 0 saturated carbocycles. The zero-order valence-electron chi connectivity index (χ0n) is 21.6. The highest BCUT2D eigenvalue weighted by Crippen LogP contribution is 2.36. The minimum absolute atomic E-state index is 0.226. The zero-order chi connectivity index (χ0) is 28.4. The highest BCUT2D eigenvalue weighted by atomic mass is 79.9. The number of aromatic nitrogens is 7. The molecule has 4 heterocycles. The first-order valence-electron chi connectivity index (χ1n) is 12.2. The van der Waals surface area contributed by atoms with Crippen molar-refractivity contribution in [2.75, 3.05) is 6.61 Å². The molecule has 4 atom stereocenters. The normalized spacial score (nSPS) is 20.4. The number of hydrogen-bond acceptors (Lipinski definition) is 12. The predicted molar refractivity (Wildman–Crippen MR) is 139 cm³/mol. The van der Waals surface area contributed by atoms with E-state index in [0.29, 0.717) is 29.1 Å². The molecule has 15 heteroatoms. The third kappa shape index (κ3) is 5.84. The molecule has 1 fully saturated rings. The molecule has 14 nitrogen and oxygen atoms in total. The van der Waals surface area contributed by atoms with E-state index in [1.807, 2.05) is 24.3 Å². The molecule has 1 aliphatic rings. The Kier molecular flexibility index (Phi) is 7.84. The topological polar surface area (TPSA) is 162 Å². The number of halogens is 1. The molecule has 4 aromatic rings. The number of esters is 3. The Morgan fingerprint density at radius 1 is 0.975 bits per heavy atom. The number of nitrogens with zero attached hydrogens (tertiary/aromatic N) is 7. The minimum atomic E-state index is -1.08. The largest absolute Gasteiger partial charge is 0.463 e. The van der Waals surface area contributed by atoms with Crippen molar-refractivity contribution in [3.05, 3.63) is 53.2 Å². The SMILES string of the molecule is CC(=O)OC[C@H]1O[C@@H](n2cnc3c(-c4cn(Cc5ccc(Br)cc5)nn4)ncnc32)[C@H](OC(C)=O)[C@@H]1OC(C)=O. The van der Waals surface area contributed by atoms with Crippen LogP contribution >= 0.6 is 15.9 Å². The van der Waals surface area contributed by atoms with Gasteiger partial charge in [0.05, 0.1) is 19.1 Å². The lowest BCUT2D eigenvalue weighted by atomic mass is 10.1. The van der Waals surface area contributed by atoms with Gasteiger partial charge < -0.3 is 18.9 Å². The van der Waals surface area contributed by atoms with Gasteiger partial charge in [0.15, 0.2) is 24.1 Å². The van der Waals surface area contributed by atoms with E-state index in [0.717, 1.165) is 10.0 Å². The van der Waals surface area contributed by atoms with Gasteiger partial charge in [-0.1, -0.05) is 33.3 Å². The van der Waals surface area contributed by atoms with Crippen LogP contribution in [0.5, 0.6) is 0 Å². The van der Waals surface area contributed by atoms with Crippen molar-refractivity contribution in [3.63, 3.8) is 0 Å². The molecule has 0 spiro atoms. The molecule has 0 bridgehead atoms. The van der Waals surface area contributed by atoms with Gasteiger partial charge in [0.2, 0.25) is 0 Å². The molecular weight excluding hydrogens is 590 g/mol.